The van der Waals surface area contributed by atoms with Crippen molar-refractivity contribution in [2.24, 2.45) is 27.4 Å². The molecule has 0 aliphatic rings. The van der Waals surface area contributed by atoms with Crippen molar-refractivity contribution in [2.45, 2.75) is 0 Å². The number of carbonyl (C=O) groups is 1. The van der Waals surface area contributed by atoms with E-state index in [0.29, 0.717) is 11.1 Å². The van der Waals surface area contributed by atoms with E-state index in [1.54, 1.807) is 24.3 Å². The molecule has 0 fully saturated rings. The second-order valence-corrected chi connectivity index (χ2v) is 2.76. The van der Waals surface area contributed by atoms with Crippen molar-refractivity contribution in [3.05, 3.63) is 35.4 Å². The number of amides is 1. The lowest BCUT2D eigenvalue weighted by molar-refractivity contribution is 0.100. The summed E-state index contributed by atoms with van der Waals surface area (Å²) in [6.45, 7) is 0. The van der Waals surface area contributed by atoms with Crippen molar-refractivity contribution in [3.8, 4) is 0 Å². The van der Waals surface area contributed by atoms with Crippen molar-refractivity contribution >= 4 is 18.1 Å². The molecule has 1 aromatic carbocycles. The van der Waals surface area contributed by atoms with Crippen LogP contribution in [0.2, 0.25) is 0 Å². The number of rotatable bonds is 3. The second-order valence-electron chi connectivity index (χ2n) is 2.76. The molecule has 0 aliphatic heterocycles. The van der Waals surface area contributed by atoms with Crippen LogP contribution in [0.25, 0.3) is 0 Å². The van der Waals surface area contributed by atoms with E-state index in [9.17, 15) is 4.79 Å². The minimum absolute atomic E-state index is 0.127. The van der Waals surface area contributed by atoms with Gasteiger partial charge in [0.05, 0.1) is 6.21 Å². The molecule has 0 saturated heterocycles. The maximum Gasteiger partial charge on any atom is 0.248 e. The third-order valence-corrected chi connectivity index (χ3v) is 1.55. The van der Waals surface area contributed by atoms with Crippen molar-refractivity contribution in [2.75, 3.05) is 0 Å². The zero-order valence-corrected chi connectivity index (χ0v) is 7.92. The van der Waals surface area contributed by atoms with Crippen molar-refractivity contribution < 1.29 is 4.79 Å². The molecular formula is C9H11N5O. The fraction of sp³-hybridized carbons (Fsp3) is 0. The van der Waals surface area contributed by atoms with Gasteiger partial charge in [0.2, 0.25) is 11.9 Å². The Hall–Kier alpha value is -2.37. The quantitative estimate of drug-likeness (QED) is 0.347. The number of carbonyl (C=O) groups excluding carboxylic acids is 1. The minimum atomic E-state index is -0.493. The van der Waals surface area contributed by atoms with Crippen LogP contribution in [-0.2, 0) is 0 Å². The van der Waals surface area contributed by atoms with Crippen LogP contribution in [-0.4, -0.2) is 18.1 Å². The molecular weight excluding hydrogens is 194 g/mol. The van der Waals surface area contributed by atoms with E-state index < -0.39 is 5.91 Å². The molecule has 0 unspecified atom stereocenters. The number of hydrogen-bond donors (Lipinski definition) is 3. The monoisotopic (exact) mass is 205 g/mol. The van der Waals surface area contributed by atoms with E-state index in [-0.39, 0.29) is 5.96 Å². The first-order valence-electron chi connectivity index (χ1n) is 4.11. The molecule has 1 aromatic rings. The zero-order valence-electron chi connectivity index (χ0n) is 7.92. The molecule has 0 aromatic heterocycles. The molecule has 0 radical (unpaired) electrons. The maximum atomic E-state index is 10.8. The summed E-state index contributed by atoms with van der Waals surface area (Å²) < 4.78 is 0. The smallest absolute Gasteiger partial charge is 0.248 e. The Morgan fingerprint density at radius 2 is 2.00 bits per heavy atom. The van der Waals surface area contributed by atoms with Gasteiger partial charge in [-0.15, -0.1) is 5.10 Å². The van der Waals surface area contributed by atoms with Crippen LogP contribution in [0, 0.1) is 0 Å². The average molecular weight is 205 g/mol. The van der Waals surface area contributed by atoms with Gasteiger partial charge in [0, 0.05) is 5.56 Å². The Bertz CT molecular complexity index is 420. The van der Waals surface area contributed by atoms with E-state index in [0.717, 1.165) is 0 Å². The van der Waals surface area contributed by atoms with Gasteiger partial charge in [-0.05, 0) is 17.7 Å². The van der Waals surface area contributed by atoms with Crippen molar-refractivity contribution in [1.29, 1.82) is 0 Å². The van der Waals surface area contributed by atoms with Gasteiger partial charge in [0.25, 0.3) is 0 Å². The molecule has 6 heteroatoms. The standard InChI is InChI=1S/C9H11N5O/c10-8(15)7-3-1-2-6(4-7)5-13-14-9(11)12/h1-5H,(H2,10,15)(H4,11,12,14)/b13-5+. The molecule has 6 N–H and O–H groups in total. The van der Waals surface area contributed by atoms with Gasteiger partial charge in [0.15, 0.2) is 0 Å². The Morgan fingerprint density at radius 1 is 1.27 bits per heavy atom. The largest absolute Gasteiger partial charge is 0.369 e. The van der Waals surface area contributed by atoms with Gasteiger partial charge in [-0.25, -0.2) is 0 Å². The van der Waals surface area contributed by atoms with Crippen LogP contribution >= 0.6 is 0 Å². The molecule has 6 nitrogen and oxygen atoms in total. The van der Waals surface area contributed by atoms with Crippen LogP contribution in [0.3, 0.4) is 0 Å². The summed E-state index contributed by atoms with van der Waals surface area (Å²) in [5, 5.41) is 7.02. The van der Waals surface area contributed by atoms with E-state index in [4.69, 9.17) is 17.2 Å². The minimum Gasteiger partial charge on any atom is -0.369 e. The van der Waals surface area contributed by atoms with Crippen LogP contribution in [0.1, 0.15) is 15.9 Å². The molecule has 0 aliphatic carbocycles. The van der Waals surface area contributed by atoms with Gasteiger partial charge >= 0.3 is 0 Å². The molecule has 1 rings (SSSR count). The highest BCUT2D eigenvalue weighted by molar-refractivity contribution is 5.94. The highest BCUT2D eigenvalue weighted by Crippen LogP contribution is 2.02. The SMILES string of the molecule is NC(=O)c1cccc(/C=N/N=C(N)N)c1. The van der Waals surface area contributed by atoms with Gasteiger partial charge in [0.1, 0.15) is 0 Å². The summed E-state index contributed by atoms with van der Waals surface area (Å²) in [5.41, 5.74) is 16.4. The predicted molar refractivity (Wildman–Crippen MR) is 58.4 cm³/mol. The molecule has 0 atom stereocenters. The molecule has 0 spiro atoms. The molecule has 15 heavy (non-hydrogen) atoms. The topological polar surface area (TPSA) is 120 Å². The summed E-state index contributed by atoms with van der Waals surface area (Å²) in [6.07, 6.45) is 1.42. The summed E-state index contributed by atoms with van der Waals surface area (Å²) in [4.78, 5) is 10.8. The van der Waals surface area contributed by atoms with Crippen molar-refractivity contribution in [3.63, 3.8) is 0 Å². The number of benzene rings is 1. The summed E-state index contributed by atoms with van der Waals surface area (Å²) in [6, 6.07) is 6.64. The number of hydrogen-bond acceptors (Lipinski definition) is 3. The lowest BCUT2D eigenvalue weighted by Crippen LogP contribution is -2.21. The first-order valence-corrected chi connectivity index (χ1v) is 4.11. The summed E-state index contributed by atoms with van der Waals surface area (Å²) >= 11 is 0. The van der Waals surface area contributed by atoms with Crippen LogP contribution in [0.15, 0.2) is 34.5 Å². The van der Waals surface area contributed by atoms with Crippen LogP contribution < -0.4 is 17.2 Å². The third-order valence-electron chi connectivity index (χ3n) is 1.55. The van der Waals surface area contributed by atoms with Crippen LogP contribution in [0.4, 0.5) is 0 Å². The van der Waals surface area contributed by atoms with E-state index in [1.807, 2.05) is 0 Å². The number of nitrogens with two attached hydrogens (primary N) is 3. The highest BCUT2D eigenvalue weighted by atomic mass is 16.1. The summed E-state index contributed by atoms with van der Waals surface area (Å²) in [5.74, 6) is -0.621. The van der Waals surface area contributed by atoms with Gasteiger partial charge in [-0.2, -0.15) is 5.10 Å². The summed E-state index contributed by atoms with van der Waals surface area (Å²) in [7, 11) is 0. The van der Waals surface area contributed by atoms with Crippen LogP contribution in [0.5, 0.6) is 0 Å². The normalized spacial score (nSPS) is 10.1. The van der Waals surface area contributed by atoms with Gasteiger partial charge in [-0.3, -0.25) is 4.79 Å². The second kappa shape index (κ2) is 4.75. The first-order chi connectivity index (χ1) is 7.09. The number of primary amides is 1. The first kappa shape index (κ1) is 10.7. The molecule has 78 valence electrons. The van der Waals surface area contributed by atoms with E-state index >= 15 is 0 Å². The molecule has 0 bridgehead atoms. The Kier molecular flexibility index (Phi) is 3.39. The average Bonchev–Trinajstić information content (AvgIpc) is 2.17. The lowest BCUT2D eigenvalue weighted by atomic mass is 10.1. The van der Waals surface area contributed by atoms with Gasteiger partial charge < -0.3 is 17.2 Å². The number of nitrogens with zero attached hydrogens (tertiary/aromatic N) is 2. The highest BCUT2D eigenvalue weighted by Gasteiger charge is 1.98. The molecule has 1 amide bonds. The van der Waals surface area contributed by atoms with E-state index in [2.05, 4.69) is 10.2 Å². The molecule has 0 saturated carbocycles. The fourth-order valence-corrected chi connectivity index (χ4v) is 0.934. The van der Waals surface area contributed by atoms with E-state index in [1.165, 1.54) is 6.21 Å². The Morgan fingerprint density at radius 3 is 2.60 bits per heavy atom. The third kappa shape index (κ3) is 3.47. The predicted octanol–water partition coefficient (Wildman–Crippen LogP) is -0.607. The van der Waals surface area contributed by atoms with Gasteiger partial charge in [-0.1, -0.05) is 12.1 Å². The number of guanidine groups is 1. The fourth-order valence-electron chi connectivity index (χ4n) is 0.934. The Balaban J connectivity index is 2.87. The lowest BCUT2D eigenvalue weighted by Gasteiger charge is -1.95. The molecule has 0 heterocycles. The Labute approximate surface area is 86.5 Å². The van der Waals surface area contributed by atoms with Crippen molar-refractivity contribution in [1.82, 2.24) is 0 Å². The maximum absolute atomic E-state index is 10.8. The zero-order chi connectivity index (χ0) is 11.3.